The van der Waals surface area contributed by atoms with Gasteiger partial charge in [0.05, 0.1) is 17.7 Å². The lowest BCUT2D eigenvalue weighted by atomic mass is 10.0. The first-order valence-electron chi connectivity index (χ1n) is 6.43. The predicted molar refractivity (Wildman–Crippen MR) is 72.9 cm³/mol. The molecular formula is C13H16ClF3N2O2. The van der Waals surface area contributed by atoms with Crippen molar-refractivity contribution in [2.24, 2.45) is 0 Å². The van der Waals surface area contributed by atoms with Crippen LogP contribution >= 0.6 is 11.6 Å². The Morgan fingerprint density at radius 1 is 1.33 bits per heavy atom. The van der Waals surface area contributed by atoms with Crippen molar-refractivity contribution in [3.63, 3.8) is 0 Å². The molecule has 2 rings (SSSR count). The van der Waals surface area contributed by atoms with E-state index in [4.69, 9.17) is 16.3 Å². The third-order valence-corrected chi connectivity index (χ3v) is 3.75. The van der Waals surface area contributed by atoms with Gasteiger partial charge in [-0.3, -0.25) is 4.90 Å². The van der Waals surface area contributed by atoms with E-state index >= 15 is 0 Å². The minimum Gasteiger partial charge on any atom is -0.506 e. The first-order valence-corrected chi connectivity index (χ1v) is 6.81. The van der Waals surface area contributed by atoms with Crippen molar-refractivity contribution in [3.05, 3.63) is 22.7 Å². The summed E-state index contributed by atoms with van der Waals surface area (Å²) in [6.45, 7) is 1.35. The highest BCUT2D eigenvalue weighted by Crippen LogP contribution is 2.47. The summed E-state index contributed by atoms with van der Waals surface area (Å²) in [5.74, 6) is -0.616. The number of nitrogens with one attached hydrogen (secondary N) is 1. The van der Waals surface area contributed by atoms with Gasteiger partial charge >= 0.3 is 6.18 Å². The highest BCUT2D eigenvalue weighted by atomic mass is 35.5. The molecule has 1 aromatic rings. The van der Waals surface area contributed by atoms with E-state index in [9.17, 15) is 18.3 Å². The van der Waals surface area contributed by atoms with Crippen LogP contribution in [-0.2, 0) is 0 Å². The molecule has 1 aromatic carbocycles. The molecule has 1 saturated heterocycles. The summed E-state index contributed by atoms with van der Waals surface area (Å²) in [6, 6.07) is 0.691. The lowest BCUT2D eigenvalue weighted by Gasteiger charge is -2.36. The third kappa shape index (κ3) is 3.36. The number of rotatable bonds is 3. The van der Waals surface area contributed by atoms with Crippen molar-refractivity contribution < 1.29 is 23.0 Å². The van der Waals surface area contributed by atoms with Crippen molar-refractivity contribution in [2.75, 3.05) is 33.3 Å². The zero-order chi connectivity index (χ0) is 15.6. The molecule has 1 aliphatic heterocycles. The van der Waals surface area contributed by atoms with E-state index in [0.29, 0.717) is 13.1 Å². The van der Waals surface area contributed by atoms with Crippen LogP contribution in [0, 0.1) is 0 Å². The Kier molecular flexibility index (Phi) is 4.85. The number of hydrogen-bond acceptors (Lipinski definition) is 4. The van der Waals surface area contributed by atoms with Crippen LogP contribution < -0.4 is 10.1 Å². The zero-order valence-corrected chi connectivity index (χ0v) is 12.1. The molecule has 1 atom stereocenters. The SMILES string of the molecule is COc1ccc(Cl)c(O)c1[C@@H](N1CCNCC1)C(F)(F)F. The number of phenols is 1. The topological polar surface area (TPSA) is 44.7 Å². The lowest BCUT2D eigenvalue weighted by molar-refractivity contribution is -0.188. The molecule has 0 amide bonds. The van der Waals surface area contributed by atoms with Gasteiger partial charge in [0, 0.05) is 26.2 Å². The fourth-order valence-corrected chi connectivity index (χ4v) is 2.66. The molecule has 0 unspecified atom stereocenters. The van der Waals surface area contributed by atoms with Gasteiger partial charge in [-0.15, -0.1) is 0 Å². The van der Waals surface area contributed by atoms with E-state index in [1.54, 1.807) is 0 Å². The van der Waals surface area contributed by atoms with Gasteiger partial charge in [0.25, 0.3) is 0 Å². The molecule has 4 nitrogen and oxygen atoms in total. The fraction of sp³-hybridized carbons (Fsp3) is 0.538. The van der Waals surface area contributed by atoms with Gasteiger partial charge in [-0.25, -0.2) is 0 Å². The normalized spacial score (nSPS) is 18.5. The molecular weight excluding hydrogens is 309 g/mol. The van der Waals surface area contributed by atoms with Gasteiger partial charge in [-0.2, -0.15) is 13.2 Å². The van der Waals surface area contributed by atoms with Crippen molar-refractivity contribution >= 4 is 11.6 Å². The largest absolute Gasteiger partial charge is 0.506 e. The van der Waals surface area contributed by atoms with Gasteiger partial charge in [0.2, 0.25) is 0 Å². The molecule has 118 valence electrons. The molecule has 2 N–H and O–H groups in total. The second kappa shape index (κ2) is 6.29. The minimum absolute atomic E-state index is 0.0299. The number of alkyl halides is 3. The summed E-state index contributed by atoms with van der Waals surface area (Å²) < 4.78 is 45.6. The van der Waals surface area contributed by atoms with E-state index in [2.05, 4.69) is 5.32 Å². The number of aromatic hydroxyl groups is 1. The number of benzene rings is 1. The van der Waals surface area contributed by atoms with E-state index < -0.39 is 18.0 Å². The first kappa shape index (κ1) is 16.2. The minimum atomic E-state index is -4.55. The van der Waals surface area contributed by atoms with Crippen LogP contribution in [0.15, 0.2) is 12.1 Å². The average Bonchev–Trinajstić information content (AvgIpc) is 2.44. The van der Waals surface area contributed by atoms with Gasteiger partial charge < -0.3 is 15.2 Å². The van der Waals surface area contributed by atoms with Gasteiger partial charge in [-0.05, 0) is 12.1 Å². The molecule has 1 aliphatic rings. The molecule has 0 radical (unpaired) electrons. The molecule has 0 aromatic heterocycles. The molecule has 21 heavy (non-hydrogen) atoms. The third-order valence-electron chi connectivity index (χ3n) is 3.45. The van der Waals surface area contributed by atoms with Crippen LogP contribution in [0.3, 0.4) is 0 Å². The fourth-order valence-electron chi connectivity index (χ4n) is 2.50. The maximum Gasteiger partial charge on any atom is 0.408 e. The predicted octanol–water partition coefficient (Wildman–Crippen LogP) is 2.56. The number of hydrogen-bond donors (Lipinski definition) is 2. The second-order valence-electron chi connectivity index (χ2n) is 4.74. The number of piperazine rings is 1. The summed E-state index contributed by atoms with van der Waals surface area (Å²) in [7, 11) is 1.26. The summed E-state index contributed by atoms with van der Waals surface area (Å²) in [5, 5.41) is 12.9. The molecule has 0 aliphatic carbocycles. The Morgan fingerprint density at radius 2 is 1.95 bits per heavy atom. The standard InChI is InChI=1S/C13H16ClF3N2O2/c1-21-9-3-2-8(14)11(20)10(9)12(13(15,16)17)19-6-4-18-5-7-19/h2-3,12,18,20H,4-7H2,1H3/t12-/m1/s1. The van der Waals surface area contributed by atoms with Crippen LogP contribution in [0.25, 0.3) is 0 Å². The number of nitrogens with zero attached hydrogens (tertiary/aromatic N) is 1. The van der Waals surface area contributed by atoms with Crippen LogP contribution in [-0.4, -0.2) is 49.5 Å². The van der Waals surface area contributed by atoms with Crippen LogP contribution in [0.2, 0.25) is 5.02 Å². The number of methoxy groups -OCH3 is 1. The van der Waals surface area contributed by atoms with E-state index in [1.807, 2.05) is 0 Å². The number of phenolic OH excluding ortho intramolecular Hbond substituents is 1. The Labute approximate surface area is 125 Å². The highest BCUT2D eigenvalue weighted by molar-refractivity contribution is 6.32. The highest BCUT2D eigenvalue weighted by Gasteiger charge is 2.47. The number of halogens is 4. The Hall–Kier alpha value is -1.18. The van der Waals surface area contributed by atoms with Crippen molar-refractivity contribution in [1.82, 2.24) is 10.2 Å². The summed E-state index contributed by atoms with van der Waals surface area (Å²) >= 11 is 5.77. The Bertz CT molecular complexity index is 505. The number of ether oxygens (including phenoxy) is 1. The van der Waals surface area contributed by atoms with Crippen LogP contribution in [0.4, 0.5) is 13.2 Å². The van der Waals surface area contributed by atoms with E-state index in [1.165, 1.54) is 24.1 Å². The smallest absolute Gasteiger partial charge is 0.408 e. The van der Waals surface area contributed by atoms with Crippen LogP contribution in [0.1, 0.15) is 11.6 Å². The summed E-state index contributed by atoms with van der Waals surface area (Å²) in [6.07, 6.45) is -4.55. The van der Waals surface area contributed by atoms with Crippen molar-refractivity contribution in [2.45, 2.75) is 12.2 Å². The quantitative estimate of drug-likeness (QED) is 0.897. The summed E-state index contributed by atoms with van der Waals surface area (Å²) in [4.78, 5) is 1.27. The van der Waals surface area contributed by atoms with E-state index in [0.717, 1.165) is 0 Å². The molecule has 0 spiro atoms. The summed E-state index contributed by atoms with van der Waals surface area (Å²) in [5.41, 5.74) is -0.334. The lowest BCUT2D eigenvalue weighted by Crippen LogP contribution is -2.49. The van der Waals surface area contributed by atoms with Gasteiger partial charge in [-0.1, -0.05) is 11.6 Å². The van der Waals surface area contributed by atoms with E-state index in [-0.39, 0.29) is 29.4 Å². The molecule has 8 heteroatoms. The first-order chi connectivity index (χ1) is 9.86. The average molecular weight is 325 g/mol. The van der Waals surface area contributed by atoms with Crippen molar-refractivity contribution in [1.29, 1.82) is 0 Å². The zero-order valence-electron chi connectivity index (χ0n) is 11.4. The van der Waals surface area contributed by atoms with Crippen LogP contribution in [0.5, 0.6) is 11.5 Å². The maximum atomic E-state index is 13.5. The Balaban J connectivity index is 2.53. The van der Waals surface area contributed by atoms with Gasteiger partial charge in [0.15, 0.2) is 0 Å². The molecule has 1 fully saturated rings. The molecule has 0 saturated carbocycles. The molecule has 0 bridgehead atoms. The van der Waals surface area contributed by atoms with Crippen molar-refractivity contribution in [3.8, 4) is 11.5 Å². The van der Waals surface area contributed by atoms with Gasteiger partial charge in [0.1, 0.15) is 17.5 Å². The Morgan fingerprint density at radius 3 is 2.48 bits per heavy atom. The second-order valence-corrected chi connectivity index (χ2v) is 5.15. The maximum absolute atomic E-state index is 13.5. The molecule has 1 heterocycles. The monoisotopic (exact) mass is 324 g/mol.